The van der Waals surface area contributed by atoms with Crippen molar-refractivity contribution >= 4 is 0 Å². The second-order valence-electron chi connectivity index (χ2n) is 4.72. The van der Waals surface area contributed by atoms with Gasteiger partial charge in [0.05, 0.1) is 13.5 Å². The van der Waals surface area contributed by atoms with Gasteiger partial charge < -0.3 is 13.9 Å². The molecule has 3 aromatic rings. The molecule has 112 valence electrons. The summed E-state index contributed by atoms with van der Waals surface area (Å²) in [6.45, 7) is 0.244. The molecule has 0 saturated heterocycles. The molecule has 0 aliphatic carbocycles. The first-order chi connectivity index (χ1) is 10.8. The molecule has 5 nitrogen and oxygen atoms in total. The molecule has 0 N–H and O–H groups in total. The van der Waals surface area contributed by atoms with Crippen LogP contribution in [0.5, 0.6) is 11.5 Å². The largest absolute Gasteiger partial charge is 0.497 e. The fourth-order valence-corrected chi connectivity index (χ4v) is 2.01. The standard InChI is InChI=1S/C17H16N2O3/c1-20-14-7-9-15(10-8-14)21-12-17-19-18-16(22-17)11-13-5-3-2-4-6-13/h2-10H,11-12H2,1H3. The molecule has 5 heteroatoms. The normalized spacial score (nSPS) is 10.4. The molecule has 0 amide bonds. The van der Waals surface area contributed by atoms with Crippen LogP contribution in [0.25, 0.3) is 0 Å². The third-order valence-electron chi connectivity index (χ3n) is 3.13. The van der Waals surface area contributed by atoms with Crippen molar-refractivity contribution in [3.8, 4) is 11.5 Å². The van der Waals surface area contributed by atoms with Gasteiger partial charge in [-0.3, -0.25) is 0 Å². The van der Waals surface area contributed by atoms with Crippen LogP contribution in [0.1, 0.15) is 17.3 Å². The van der Waals surface area contributed by atoms with Gasteiger partial charge in [-0.15, -0.1) is 10.2 Å². The van der Waals surface area contributed by atoms with Crippen molar-refractivity contribution in [1.82, 2.24) is 10.2 Å². The van der Waals surface area contributed by atoms with E-state index in [0.29, 0.717) is 18.2 Å². The Kier molecular flexibility index (Phi) is 4.34. The summed E-state index contributed by atoms with van der Waals surface area (Å²) in [5, 5.41) is 8.03. The molecule has 0 saturated carbocycles. The van der Waals surface area contributed by atoms with Crippen molar-refractivity contribution < 1.29 is 13.9 Å². The van der Waals surface area contributed by atoms with Gasteiger partial charge >= 0.3 is 0 Å². The average Bonchev–Trinajstić information content (AvgIpc) is 3.02. The first-order valence-corrected chi connectivity index (χ1v) is 6.95. The fraction of sp³-hybridized carbons (Fsp3) is 0.176. The molecule has 3 rings (SSSR count). The number of benzene rings is 2. The summed E-state index contributed by atoms with van der Waals surface area (Å²) in [5.41, 5.74) is 1.13. The zero-order valence-electron chi connectivity index (χ0n) is 12.2. The molecule has 1 heterocycles. The van der Waals surface area contributed by atoms with Gasteiger partial charge in [-0.05, 0) is 29.8 Å². The number of methoxy groups -OCH3 is 1. The van der Waals surface area contributed by atoms with Crippen molar-refractivity contribution in [3.63, 3.8) is 0 Å². The van der Waals surface area contributed by atoms with E-state index in [4.69, 9.17) is 13.9 Å². The highest BCUT2D eigenvalue weighted by molar-refractivity contribution is 5.31. The van der Waals surface area contributed by atoms with E-state index in [9.17, 15) is 0 Å². The quantitative estimate of drug-likeness (QED) is 0.699. The van der Waals surface area contributed by atoms with Gasteiger partial charge in [0.25, 0.3) is 5.89 Å². The Bertz CT molecular complexity index is 708. The summed E-state index contributed by atoms with van der Waals surface area (Å²) < 4.78 is 16.3. The lowest BCUT2D eigenvalue weighted by Gasteiger charge is -2.04. The number of hydrogen-bond acceptors (Lipinski definition) is 5. The summed E-state index contributed by atoms with van der Waals surface area (Å²) in [4.78, 5) is 0. The second kappa shape index (κ2) is 6.76. The maximum atomic E-state index is 5.60. The van der Waals surface area contributed by atoms with E-state index in [1.807, 2.05) is 54.6 Å². The minimum atomic E-state index is 0.244. The predicted molar refractivity (Wildman–Crippen MR) is 80.9 cm³/mol. The van der Waals surface area contributed by atoms with Gasteiger partial charge in [-0.2, -0.15) is 0 Å². The molecule has 0 aliphatic rings. The molecule has 2 aromatic carbocycles. The van der Waals surface area contributed by atoms with Crippen LogP contribution in [0.2, 0.25) is 0 Å². The first kappa shape index (κ1) is 14.1. The van der Waals surface area contributed by atoms with Crippen LogP contribution >= 0.6 is 0 Å². The van der Waals surface area contributed by atoms with Crippen LogP contribution < -0.4 is 9.47 Å². The van der Waals surface area contributed by atoms with Crippen LogP contribution in [-0.4, -0.2) is 17.3 Å². The van der Waals surface area contributed by atoms with Gasteiger partial charge in [0.2, 0.25) is 5.89 Å². The summed E-state index contributed by atoms with van der Waals surface area (Å²) in [5.74, 6) is 2.56. The van der Waals surface area contributed by atoms with Crippen molar-refractivity contribution in [2.24, 2.45) is 0 Å². The van der Waals surface area contributed by atoms with E-state index < -0.39 is 0 Å². The number of hydrogen-bond donors (Lipinski definition) is 0. The van der Waals surface area contributed by atoms with Crippen LogP contribution in [-0.2, 0) is 13.0 Å². The van der Waals surface area contributed by atoms with E-state index in [0.717, 1.165) is 17.1 Å². The zero-order chi connectivity index (χ0) is 15.2. The number of nitrogens with zero attached hydrogens (tertiary/aromatic N) is 2. The zero-order valence-corrected chi connectivity index (χ0v) is 12.2. The topological polar surface area (TPSA) is 57.4 Å². The second-order valence-corrected chi connectivity index (χ2v) is 4.72. The first-order valence-electron chi connectivity index (χ1n) is 6.95. The van der Waals surface area contributed by atoms with Crippen molar-refractivity contribution in [3.05, 3.63) is 71.9 Å². The maximum absolute atomic E-state index is 5.60. The Hall–Kier alpha value is -2.82. The van der Waals surface area contributed by atoms with Gasteiger partial charge in [-0.25, -0.2) is 0 Å². The molecular weight excluding hydrogens is 280 g/mol. The van der Waals surface area contributed by atoms with Crippen LogP contribution in [0.4, 0.5) is 0 Å². The van der Waals surface area contributed by atoms with Crippen LogP contribution in [0.15, 0.2) is 59.0 Å². The molecule has 0 spiro atoms. The molecule has 0 atom stereocenters. The van der Waals surface area contributed by atoms with E-state index >= 15 is 0 Å². The van der Waals surface area contributed by atoms with Crippen molar-refractivity contribution in [2.45, 2.75) is 13.0 Å². The summed E-state index contributed by atoms with van der Waals surface area (Å²) in [6.07, 6.45) is 0.621. The lowest BCUT2D eigenvalue weighted by molar-refractivity contribution is 0.259. The predicted octanol–water partition coefficient (Wildman–Crippen LogP) is 3.25. The number of ether oxygens (including phenoxy) is 2. The van der Waals surface area contributed by atoms with Gasteiger partial charge in [-0.1, -0.05) is 30.3 Å². The Balaban J connectivity index is 1.57. The fourth-order valence-electron chi connectivity index (χ4n) is 2.01. The minimum absolute atomic E-state index is 0.244. The van der Waals surface area contributed by atoms with E-state index in [1.165, 1.54) is 0 Å². The monoisotopic (exact) mass is 296 g/mol. The molecule has 0 bridgehead atoms. The third-order valence-corrected chi connectivity index (χ3v) is 3.13. The highest BCUT2D eigenvalue weighted by Gasteiger charge is 2.07. The molecule has 0 radical (unpaired) electrons. The minimum Gasteiger partial charge on any atom is -0.497 e. The van der Waals surface area contributed by atoms with Crippen molar-refractivity contribution in [1.29, 1.82) is 0 Å². The van der Waals surface area contributed by atoms with E-state index in [-0.39, 0.29) is 6.61 Å². The number of aromatic nitrogens is 2. The van der Waals surface area contributed by atoms with Gasteiger partial charge in [0, 0.05) is 0 Å². The Morgan fingerprint density at radius 1 is 0.864 bits per heavy atom. The van der Waals surface area contributed by atoms with Crippen molar-refractivity contribution in [2.75, 3.05) is 7.11 Å². The Morgan fingerprint density at radius 3 is 2.27 bits per heavy atom. The average molecular weight is 296 g/mol. The summed E-state index contributed by atoms with van der Waals surface area (Å²) in [7, 11) is 1.63. The maximum Gasteiger partial charge on any atom is 0.253 e. The summed E-state index contributed by atoms with van der Waals surface area (Å²) >= 11 is 0. The Morgan fingerprint density at radius 2 is 1.55 bits per heavy atom. The van der Waals surface area contributed by atoms with Crippen LogP contribution in [0, 0.1) is 0 Å². The molecule has 1 aromatic heterocycles. The third kappa shape index (κ3) is 3.63. The molecule has 0 fully saturated rings. The summed E-state index contributed by atoms with van der Waals surface area (Å²) in [6, 6.07) is 17.3. The van der Waals surface area contributed by atoms with Gasteiger partial charge in [0.1, 0.15) is 11.5 Å². The molecular formula is C17H16N2O3. The highest BCUT2D eigenvalue weighted by atomic mass is 16.5. The molecule has 22 heavy (non-hydrogen) atoms. The number of rotatable bonds is 6. The highest BCUT2D eigenvalue weighted by Crippen LogP contribution is 2.18. The van der Waals surface area contributed by atoms with E-state index in [1.54, 1.807) is 7.11 Å². The van der Waals surface area contributed by atoms with E-state index in [2.05, 4.69) is 10.2 Å². The lowest BCUT2D eigenvalue weighted by Crippen LogP contribution is -1.95. The molecule has 0 unspecified atom stereocenters. The lowest BCUT2D eigenvalue weighted by atomic mass is 10.2. The smallest absolute Gasteiger partial charge is 0.253 e. The molecule has 0 aliphatic heterocycles. The SMILES string of the molecule is COc1ccc(OCc2nnc(Cc3ccccc3)o2)cc1. The Labute approximate surface area is 128 Å². The van der Waals surface area contributed by atoms with Gasteiger partial charge in [0.15, 0.2) is 6.61 Å². The van der Waals surface area contributed by atoms with Crippen LogP contribution in [0.3, 0.4) is 0 Å².